The SMILES string of the molecule is C.C.C.CCc1nc2c(N)nc3ccccc3c2n1Cc1ccc(CNC(=O)CCNC(=O)C(C)(CCCC(C)(C(=O)NCC(C)O)C(C)(C#N)CCC(=O)NCCC(=O)N2Cc3ccccc3C#Cc3ccccc32)CC(C)(CC(C)(C)C#N)C(=O)OCCOC)cc1. The standard InChI is InChI=1S/C71H87N11O9.3CH4/c1-10-57-80-61-62(54-21-14-15-22-55(54)79-63(61)74)82(57)42-50-26-24-49(25-27-50)41-77-59(85)31-36-76-64(87)68(5,45-69(6,44-67(3,4)46-72)66(89)91-39-38-90-9)33-17-34-71(8,65(88)78-40-48(2)83)70(7,47-73)35-30-58(84)75-37-32-60(86)81-43-53-20-12-11-18-51(53)28-29-52-19-13-16-23-56(52)81;;;/h11-16,18-27,48,83H,10,17,30-45H2,1-9H3,(H2,74,79)(H,75,84)(H,76,87)(H,77,85)(H,78,88);3*1H4. The van der Waals surface area contributed by atoms with Crippen LogP contribution in [0, 0.1) is 61.6 Å². The number of nitrogens with zero attached hydrogens (tertiary/aromatic N) is 6. The number of nitriles is 2. The maximum Gasteiger partial charge on any atom is 0.311 e. The number of hydrogen-bond acceptors (Lipinski definition) is 14. The molecule has 20 heteroatoms. The highest BCUT2D eigenvalue weighted by molar-refractivity contribution is 6.06. The quantitative estimate of drug-likeness (QED) is 0.0134. The number of rotatable bonds is 31. The van der Waals surface area contributed by atoms with E-state index in [0.717, 1.165) is 44.5 Å². The smallest absolute Gasteiger partial charge is 0.311 e. The normalized spacial score (nSPS) is 14.4. The van der Waals surface area contributed by atoms with E-state index in [4.69, 9.17) is 20.2 Å². The number of methoxy groups -OCH3 is 1. The van der Waals surface area contributed by atoms with Crippen LogP contribution in [0.1, 0.15) is 169 Å². The second-order valence-corrected chi connectivity index (χ2v) is 25.6. The van der Waals surface area contributed by atoms with Gasteiger partial charge >= 0.3 is 5.97 Å². The molecule has 0 bridgehead atoms. The zero-order valence-corrected chi connectivity index (χ0v) is 54.0. The number of aryl methyl sites for hydroxylation is 1. The molecule has 504 valence electrons. The van der Waals surface area contributed by atoms with Gasteiger partial charge in [0.1, 0.15) is 17.9 Å². The zero-order valence-electron chi connectivity index (χ0n) is 54.0. The zero-order chi connectivity index (χ0) is 66.2. The molecule has 7 N–H and O–H groups in total. The first-order valence-electron chi connectivity index (χ1n) is 31.2. The van der Waals surface area contributed by atoms with Gasteiger partial charge in [-0.25, -0.2) is 9.97 Å². The van der Waals surface area contributed by atoms with Crippen LogP contribution in [0.3, 0.4) is 0 Å². The Bertz CT molecular complexity index is 3780. The lowest BCUT2D eigenvalue weighted by Crippen LogP contribution is -2.51. The number of aliphatic hydroxyl groups excluding tert-OH is 1. The van der Waals surface area contributed by atoms with Gasteiger partial charge in [0.05, 0.1) is 69.8 Å². The van der Waals surface area contributed by atoms with Gasteiger partial charge in [0, 0.05) is 87.4 Å². The summed E-state index contributed by atoms with van der Waals surface area (Å²) in [5.41, 5.74) is 6.80. The number of fused-ring (bicyclic) bond motifs is 5. The van der Waals surface area contributed by atoms with Gasteiger partial charge in [-0.15, -0.1) is 0 Å². The minimum atomic E-state index is -1.53. The van der Waals surface area contributed by atoms with E-state index >= 15 is 0 Å². The van der Waals surface area contributed by atoms with Gasteiger partial charge in [-0.3, -0.25) is 28.8 Å². The number of anilines is 2. The van der Waals surface area contributed by atoms with Crippen molar-refractivity contribution < 1.29 is 43.3 Å². The van der Waals surface area contributed by atoms with E-state index in [-0.39, 0.29) is 138 Å². The second kappa shape index (κ2) is 34.1. The summed E-state index contributed by atoms with van der Waals surface area (Å²) in [6.45, 7) is 14.5. The van der Waals surface area contributed by atoms with Gasteiger partial charge in [-0.1, -0.05) is 127 Å². The van der Waals surface area contributed by atoms with Crippen molar-refractivity contribution in [1.29, 1.82) is 10.5 Å². The van der Waals surface area contributed by atoms with Crippen LogP contribution in [0.15, 0.2) is 97.1 Å². The number of carbonyl (C=O) groups excluding carboxylic acids is 6. The molecule has 5 amide bonds. The summed E-state index contributed by atoms with van der Waals surface area (Å²) in [6, 6.07) is 35.4. The number of ether oxygens (including phenoxy) is 2. The highest BCUT2D eigenvalue weighted by atomic mass is 16.6. The van der Waals surface area contributed by atoms with Crippen molar-refractivity contribution >= 4 is 68.9 Å². The van der Waals surface area contributed by atoms with Crippen LogP contribution in [0.25, 0.3) is 21.9 Å². The number of para-hydroxylation sites is 2. The average Bonchev–Trinajstić information content (AvgIpc) is 1.47. The highest BCUT2D eigenvalue weighted by Gasteiger charge is 2.52. The number of nitrogens with one attached hydrogen (secondary N) is 4. The summed E-state index contributed by atoms with van der Waals surface area (Å²) >= 11 is 0. The molecule has 1 aliphatic rings. The molecule has 6 aromatic rings. The third-order valence-electron chi connectivity index (χ3n) is 17.6. The number of aromatic nitrogens is 3. The molecular formula is C74H99N11O9. The molecule has 94 heavy (non-hydrogen) atoms. The Hall–Kier alpha value is -9.16. The third-order valence-corrected chi connectivity index (χ3v) is 17.6. The summed E-state index contributed by atoms with van der Waals surface area (Å²) in [5.74, 6) is 5.00. The fourth-order valence-corrected chi connectivity index (χ4v) is 12.3. The Morgan fingerprint density at radius 2 is 1.35 bits per heavy atom. The van der Waals surface area contributed by atoms with Crippen molar-refractivity contribution in [2.45, 2.75) is 168 Å². The van der Waals surface area contributed by atoms with Crippen LogP contribution in [-0.4, -0.2) is 101 Å². The van der Waals surface area contributed by atoms with Gasteiger partial charge in [0.15, 0.2) is 5.82 Å². The first kappa shape index (κ1) is 77.3. The van der Waals surface area contributed by atoms with E-state index in [1.807, 2.05) is 104 Å². The van der Waals surface area contributed by atoms with Gasteiger partial charge in [0.25, 0.3) is 0 Å². The fourth-order valence-electron chi connectivity index (χ4n) is 12.3. The van der Waals surface area contributed by atoms with E-state index in [2.05, 4.69) is 54.8 Å². The highest BCUT2D eigenvalue weighted by Crippen LogP contribution is 2.50. The van der Waals surface area contributed by atoms with Crippen molar-refractivity contribution in [3.05, 3.63) is 131 Å². The predicted molar refractivity (Wildman–Crippen MR) is 369 cm³/mol. The number of imidazole rings is 1. The molecule has 1 aliphatic heterocycles. The Morgan fingerprint density at radius 1 is 0.713 bits per heavy atom. The van der Waals surface area contributed by atoms with Crippen molar-refractivity contribution in [2.75, 3.05) is 50.6 Å². The number of carbonyl (C=O) groups is 6. The molecule has 2 aromatic heterocycles. The van der Waals surface area contributed by atoms with Crippen molar-refractivity contribution in [1.82, 2.24) is 35.8 Å². The number of amides is 5. The average molecular weight is 1290 g/mol. The van der Waals surface area contributed by atoms with Crippen LogP contribution in [0.5, 0.6) is 0 Å². The minimum Gasteiger partial charge on any atom is -0.463 e. The number of nitrogen functional groups attached to an aromatic ring is 1. The van der Waals surface area contributed by atoms with Crippen molar-refractivity contribution in [3.63, 3.8) is 0 Å². The molecule has 0 saturated heterocycles. The number of esters is 1. The molecule has 3 heterocycles. The molecular weight excluding hydrogens is 1190 g/mol. The molecule has 4 aromatic carbocycles. The molecule has 5 unspecified atom stereocenters. The van der Waals surface area contributed by atoms with Gasteiger partial charge in [-0.2, -0.15) is 10.5 Å². The lowest BCUT2D eigenvalue weighted by atomic mass is 9.60. The van der Waals surface area contributed by atoms with Crippen LogP contribution in [0.2, 0.25) is 0 Å². The summed E-state index contributed by atoms with van der Waals surface area (Å²) in [7, 11) is 1.47. The molecule has 7 rings (SSSR count). The topological polar surface area (TPSA) is 297 Å². The summed E-state index contributed by atoms with van der Waals surface area (Å²) in [4.78, 5) is 95.8. The number of benzene rings is 4. The van der Waals surface area contributed by atoms with Gasteiger partial charge in [-0.05, 0) is 115 Å². The van der Waals surface area contributed by atoms with Crippen molar-refractivity contribution in [3.8, 4) is 24.0 Å². The maximum atomic E-state index is 14.9. The molecule has 0 aliphatic carbocycles. The lowest BCUT2D eigenvalue weighted by molar-refractivity contribution is -0.161. The second-order valence-electron chi connectivity index (χ2n) is 25.6. The molecule has 0 fully saturated rings. The number of nitrogens with two attached hydrogens (primary N) is 1. The molecule has 0 spiro atoms. The Kier molecular flexibility index (Phi) is 28.1. The lowest BCUT2D eigenvalue weighted by Gasteiger charge is -2.42. The summed E-state index contributed by atoms with van der Waals surface area (Å²) in [6.07, 6.45) is -0.498. The minimum absolute atomic E-state index is 0. The monoisotopic (exact) mass is 1290 g/mol. The number of pyridine rings is 1. The Morgan fingerprint density at radius 3 is 2.03 bits per heavy atom. The summed E-state index contributed by atoms with van der Waals surface area (Å²) < 4.78 is 13.0. The van der Waals surface area contributed by atoms with E-state index in [1.165, 1.54) is 14.0 Å². The van der Waals surface area contributed by atoms with Gasteiger partial charge in [0.2, 0.25) is 29.5 Å². The number of hydrogen-bond donors (Lipinski definition) is 6. The van der Waals surface area contributed by atoms with Crippen LogP contribution in [0.4, 0.5) is 11.5 Å². The largest absolute Gasteiger partial charge is 0.463 e. The maximum absolute atomic E-state index is 14.9. The number of aliphatic hydroxyl groups is 1. The van der Waals surface area contributed by atoms with Crippen LogP contribution < -0.4 is 31.9 Å². The fraction of sp³-hybridized carbons (Fsp3) is 0.486. The van der Waals surface area contributed by atoms with E-state index in [0.29, 0.717) is 35.6 Å². The van der Waals surface area contributed by atoms with Gasteiger partial charge < -0.3 is 51.0 Å². The van der Waals surface area contributed by atoms with E-state index in [1.54, 1.807) is 46.4 Å². The van der Waals surface area contributed by atoms with Crippen molar-refractivity contribution in [2.24, 2.45) is 27.1 Å². The molecule has 0 radical (unpaired) electrons. The first-order valence-corrected chi connectivity index (χ1v) is 31.2. The molecule has 20 nitrogen and oxygen atoms in total. The first-order chi connectivity index (χ1) is 43.3. The Labute approximate surface area is 556 Å². The Balaban J connectivity index is 0.00000627. The van der Waals surface area contributed by atoms with E-state index in [9.17, 15) is 44.4 Å². The molecule has 5 atom stereocenters. The van der Waals surface area contributed by atoms with Crippen LogP contribution in [-0.2, 0) is 64.3 Å². The summed E-state index contributed by atoms with van der Waals surface area (Å²) in [5, 5.41) is 44.1. The molecule has 0 saturated carbocycles. The third kappa shape index (κ3) is 19.0. The predicted octanol–water partition coefficient (Wildman–Crippen LogP) is 10.8. The van der Waals surface area contributed by atoms with E-state index < -0.39 is 56.9 Å². The van der Waals surface area contributed by atoms with Crippen LogP contribution >= 0.6 is 0 Å².